The maximum absolute atomic E-state index is 14.6. The molecule has 0 amide bonds. The number of aryl methyl sites for hydroxylation is 1. The van der Waals surface area contributed by atoms with Crippen molar-refractivity contribution in [3.05, 3.63) is 76.9 Å². The van der Waals surface area contributed by atoms with Crippen LogP contribution in [0.5, 0.6) is 0 Å². The van der Waals surface area contributed by atoms with Gasteiger partial charge in [0.1, 0.15) is 28.9 Å². The normalized spacial score (nSPS) is 11.9. The van der Waals surface area contributed by atoms with E-state index in [1.807, 2.05) is 0 Å². The molecule has 1 aromatic heterocycles. The van der Waals surface area contributed by atoms with Gasteiger partial charge in [-0.1, -0.05) is 17.7 Å². The number of carbonyl (C=O) groups is 2. The number of halogens is 1. The highest BCUT2D eigenvalue weighted by Crippen LogP contribution is 2.30. The summed E-state index contributed by atoms with van der Waals surface area (Å²) in [6, 6.07) is 11.3. The van der Waals surface area contributed by atoms with Gasteiger partial charge < -0.3 is 5.32 Å². The molecule has 1 heterocycles. The van der Waals surface area contributed by atoms with Crippen molar-refractivity contribution in [2.45, 2.75) is 25.2 Å². The van der Waals surface area contributed by atoms with E-state index in [0.29, 0.717) is 0 Å². The number of hydrogen-bond donors (Lipinski definition) is 1. The summed E-state index contributed by atoms with van der Waals surface area (Å²) >= 11 is 0. The second-order valence-corrected chi connectivity index (χ2v) is 9.07. The Balaban J connectivity index is 2.39. The Bertz CT molecular complexity index is 1410. The predicted octanol–water partition coefficient (Wildman–Crippen LogP) is 3.27. The van der Waals surface area contributed by atoms with Crippen LogP contribution < -0.4 is 5.32 Å². The van der Waals surface area contributed by atoms with Crippen LogP contribution in [0.15, 0.2) is 59.1 Å². The van der Waals surface area contributed by atoms with E-state index in [9.17, 15) is 27.7 Å². The molecule has 32 heavy (non-hydrogen) atoms. The lowest BCUT2D eigenvalue weighted by Crippen LogP contribution is -2.20. The van der Waals surface area contributed by atoms with Crippen LogP contribution in [-0.2, 0) is 21.2 Å². The molecule has 0 spiro atoms. The highest BCUT2D eigenvalue weighted by molar-refractivity contribution is 7.90. The predicted molar refractivity (Wildman–Crippen MR) is 117 cm³/mol. The Hall–Kier alpha value is -3.77. The third-order valence-electron chi connectivity index (χ3n) is 4.81. The van der Waals surface area contributed by atoms with E-state index in [0.717, 1.165) is 21.8 Å². The van der Waals surface area contributed by atoms with Gasteiger partial charge in [-0.3, -0.25) is 9.59 Å². The van der Waals surface area contributed by atoms with Crippen LogP contribution in [0.25, 0.3) is 10.9 Å². The van der Waals surface area contributed by atoms with Crippen LogP contribution in [0.4, 0.5) is 4.39 Å². The zero-order valence-corrected chi connectivity index (χ0v) is 18.5. The van der Waals surface area contributed by atoms with Gasteiger partial charge in [0, 0.05) is 25.1 Å². The molecule has 3 rings (SSSR count). The summed E-state index contributed by atoms with van der Waals surface area (Å²) in [7, 11) is -2.81. The number of fused-ring (bicyclic) bond motifs is 1. The molecule has 7 nitrogen and oxygen atoms in total. The number of nitrogens with zero attached hydrogens (tertiary/aromatic N) is 2. The lowest BCUT2D eigenvalue weighted by atomic mass is 10.1. The fraction of sp³-hybridized carbons (Fsp3) is 0.174. The third-order valence-corrected chi connectivity index (χ3v) is 6.55. The van der Waals surface area contributed by atoms with Crippen LogP contribution >= 0.6 is 0 Å². The number of ketones is 2. The van der Waals surface area contributed by atoms with Crippen molar-refractivity contribution >= 4 is 32.5 Å². The summed E-state index contributed by atoms with van der Waals surface area (Å²) < 4.78 is 42.5. The number of rotatable bonds is 7. The molecular formula is C23H20FN3O4S. The maximum Gasteiger partial charge on any atom is 0.268 e. The Morgan fingerprint density at radius 2 is 1.84 bits per heavy atom. The van der Waals surface area contributed by atoms with E-state index in [4.69, 9.17) is 0 Å². The Morgan fingerprint density at radius 1 is 1.19 bits per heavy atom. The summed E-state index contributed by atoms with van der Waals surface area (Å²) in [5.41, 5.74) is 0.247. The fourth-order valence-corrected chi connectivity index (χ4v) is 4.82. The molecule has 0 fully saturated rings. The summed E-state index contributed by atoms with van der Waals surface area (Å²) in [5.74, 6) is -1.84. The first-order valence-corrected chi connectivity index (χ1v) is 11.0. The van der Waals surface area contributed by atoms with E-state index in [1.54, 1.807) is 25.1 Å². The Labute approximate surface area is 184 Å². The minimum absolute atomic E-state index is 0.00808. The van der Waals surface area contributed by atoms with Crippen molar-refractivity contribution < 1.29 is 22.4 Å². The first kappa shape index (κ1) is 22.9. The van der Waals surface area contributed by atoms with Crippen LogP contribution in [0.2, 0.25) is 0 Å². The molecule has 0 saturated carbocycles. The van der Waals surface area contributed by atoms with E-state index in [2.05, 4.69) is 5.32 Å². The van der Waals surface area contributed by atoms with Crippen LogP contribution in [0, 0.1) is 24.1 Å². The van der Waals surface area contributed by atoms with Gasteiger partial charge in [-0.2, -0.15) is 5.26 Å². The molecule has 0 unspecified atom stereocenters. The van der Waals surface area contributed by atoms with Gasteiger partial charge in [-0.25, -0.2) is 16.8 Å². The number of benzene rings is 2. The quantitative estimate of drug-likeness (QED) is 0.334. The number of allylic oxidation sites excluding steroid dienone is 1. The number of nitrogens with one attached hydrogen (secondary N) is 1. The number of hydrogen-bond acceptors (Lipinski definition) is 6. The minimum Gasteiger partial charge on any atom is -0.393 e. The molecule has 0 atom stereocenters. The number of nitriles is 1. The van der Waals surface area contributed by atoms with Gasteiger partial charge >= 0.3 is 0 Å². The summed E-state index contributed by atoms with van der Waals surface area (Å²) in [5, 5.41) is 12.1. The molecule has 0 radical (unpaired) electrons. The second kappa shape index (κ2) is 8.77. The topological polar surface area (TPSA) is 109 Å². The molecule has 3 aromatic rings. The highest BCUT2D eigenvalue weighted by atomic mass is 32.2. The number of aromatic nitrogens is 1. The average molecular weight is 453 g/mol. The standard InChI is InChI=1S/C23H20FN3O4S/c1-14-4-6-19(7-5-14)32(30,31)27-21-10-16(8-15(2)28)20(24)9-17(21)11-22(27)23(29)18(12-25)13-26-3/h4-7,9-11,13,26H,8H2,1-3H3. The molecule has 2 aromatic carbocycles. The molecule has 164 valence electrons. The second-order valence-electron chi connectivity index (χ2n) is 7.28. The molecule has 0 aliphatic carbocycles. The zero-order chi connectivity index (χ0) is 23.6. The van der Waals surface area contributed by atoms with Gasteiger partial charge in [0.05, 0.1) is 10.4 Å². The Morgan fingerprint density at radius 3 is 2.41 bits per heavy atom. The van der Waals surface area contributed by atoms with E-state index in [1.165, 1.54) is 38.2 Å². The molecular weight excluding hydrogens is 433 g/mol. The van der Waals surface area contributed by atoms with Crippen LogP contribution in [0.3, 0.4) is 0 Å². The van der Waals surface area contributed by atoms with Gasteiger partial charge in [-0.05, 0) is 49.7 Å². The lowest BCUT2D eigenvalue weighted by molar-refractivity contribution is -0.116. The summed E-state index contributed by atoms with van der Waals surface area (Å²) in [4.78, 5) is 24.5. The van der Waals surface area contributed by atoms with Crippen LogP contribution in [-0.4, -0.2) is 31.0 Å². The largest absolute Gasteiger partial charge is 0.393 e. The molecule has 1 N–H and O–H groups in total. The first-order valence-electron chi connectivity index (χ1n) is 9.58. The van der Waals surface area contributed by atoms with Gasteiger partial charge in [0.2, 0.25) is 5.78 Å². The van der Waals surface area contributed by atoms with Crippen molar-refractivity contribution in [3.63, 3.8) is 0 Å². The minimum atomic E-state index is -4.30. The molecule has 9 heteroatoms. The third kappa shape index (κ3) is 4.18. The van der Waals surface area contributed by atoms with Crippen molar-refractivity contribution in [1.29, 1.82) is 5.26 Å². The maximum atomic E-state index is 14.6. The Kier molecular flexibility index (Phi) is 6.27. The van der Waals surface area contributed by atoms with Crippen molar-refractivity contribution in [1.82, 2.24) is 9.29 Å². The van der Waals surface area contributed by atoms with E-state index in [-0.39, 0.29) is 44.8 Å². The fourth-order valence-electron chi connectivity index (χ4n) is 3.31. The molecule has 0 saturated heterocycles. The SMILES string of the molecule is CNC=C(C#N)C(=O)c1cc2cc(F)c(CC(C)=O)cc2n1S(=O)(=O)c1ccc(C)cc1. The van der Waals surface area contributed by atoms with Crippen molar-refractivity contribution in [3.8, 4) is 6.07 Å². The number of Topliss-reactive ketones (excluding diaryl/α,β-unsaturated/α-hetero) is 2. The van der Waals surface area contributed by atoms with E-state index < -0.39 is 21.6 Å². The number of carbonyl (C=O) groups excluding carboxylic acids is 2. The van der Waals surface area contributed by atoms with E-state index >= 15 is 0 Å². The highest BCUT2D eigenvalue weighted by Gasteiger charge is 2.29. The first-order chi connectivity index (χ1) is 15.1. The van der Waals surface area contributed by atoms with Crippen molar-refractivity contribution in [2.24, 2.45) is 0 Å². The lowest BCUT2D eigenvalue weighted by Gasteiger charge is -2.12. The summed E-state index contributed by atoms with van der Waals surface area (Å²) in [6.45, 7) is 3.09. The van der Waals surface area contributed by atoms with Gasteiger partial charge in [0.15, 0.2) is 0 Å². The smallest absolute Gasteiger partial charge is 0.268 e. The summed E-state index contributed by atoms with van der Waals surface area (Å²) in [6.07, 6.45) is 0.925. The molecule has 0 aliphatic rings. The molecule has 0 aliphatic heterocycles. The molecule has 0 bridgehead atoms. The van der Waals surface area contributed by atoms with Gasteiger partial charge in [0.25, 0.3) is 10.0 Å². The van der Waals surface area contributed by atoms with Crippen LogP contribution in [0.1, 0.15) is 28.5 Å². The van der Waals surface area contributed by atoms with Crippen molar-refractivity contribution in [2.75, 3.05) is 7.05 Å². The monoisotopic (exact) mass is 453 g/mol. The average Bonchev–Trinajstić information content (AvgIpc) is 3.10. The van der Waals surface area contributed by atoms with Gasteiger partial charge in [-0.15, -0.1) is 0 Å². The zero-order valence-electron chi connectivity index (χ0n) is 17.6.